The predicted molar refractivity (Wildman–Crippen MR) is 94.0 cm³/mol. The van der Waals surface area contributed by atoms with Crippen LogP contribution in [0.2, 0.25) is 0 Å². The first-order valence-electron chi connectivity index (χ1n) is 8.68. The van der Waals surface area contributed by atoms with Crippen LogP contribution in [0.25, 0.3) is 0 Å². The average Bonchev–Trinajstić information content (AvgIpc) is 2.59. The molecule has 1 aromatic rings. The Labute approximate surface area is 147 Å². The number of non-ortho nitro benzene ring substituents is 1. The molecule has 136 valence electrons. The van der Waals surface area contributed by atoms with Crippen molar-refractivity contribution in [3.63, 3.8) is 0 Å². The number of piperidine rings is 1. The zero-order chi connectivity index (χ0) is 18.4. The lowest BCUT2D eigenvalue weighted by atomic mass is 9.95. The molecule has 0 aromatic heterocycles. The lowest BCUT2D eigenvalue weighted by Gasteiger charge is -2.31. The van der Waals surface area contributed by atoms with E-state index in [9.17, 15) is 19.7 Å². The van der Waals surface area contributed by atoms with Crippen molar-refractivity contribution in [3.05, 3.63) is 39.9 Å². The molecule has 1 fully saturated rings. The fourth-order valence-corrected chi connectivity index (χ4v) is 3.03. The largest absolute Gasteiger partial charge is 0.354 e. The molecule has 1 heterocycles. The average molecular weight is 347 g/mol. The van der Waals surface area contributed by atoms with Gasteiger partial charge in [0.25, 0.3) is 5.69 Å². The first-order valence-corrected chi connectivity index (χ1v) is 8.68. The monoisotopic (exact) mass is 347 g/mol. The maximum atomic E-state index is 12.3. The molecule has 0 aliphatic carbocycles. The van der Waals surface area contributed by atoms with E-state index >= 15 is 0 Å². The van der Waals surface area contributed by atoms with Crippen LogP contribution >= 0.6 is 0 Å². The van der Waals surface area contributed by atoms with Gasteiger partial charge in [-0.1, -0.05) is 12.1 Å². The van der Waals surface area contributed by atoms with Gasteiger partial charge < -0.3 is 10.2 Å². The second-order valence-electron chi connectivity index (χ2n) is 6.75. The van der Waals surface area contributed by atoms with Crippen LogP contribution in [0.4, 0.5) is 5.69 Å². The predicted octanol–water partition coefficient (Wildman–Crippen LogP) is 2.29. The number of nitro benzene ring substituents is 1. The number of carbonyl (C=O) groups excluding carboxylic acids is 2. The van der Waals surface area contributed by atoms with Crippen LogP contribution in [0.5, 0.6) is 0 Å². The molecule has 0 atom stereocenters. The highest BCUT2D eigenvalue weighted by Crippen LogP contribution is 2.19. The summed E-state index contributed by atoms with van der Waals surface area (Å²) in [7, 11) is 0. The van der Waals surface area contributed by atoms with Crippen LogP contribution in [0.15, 0.2) is 24.3 Å². The Bertz CT molecular complexity index is 637. The maximum absolute atomic E-state index is 12.3. The Hall–Kier alpha value is -2.44. The molecule has 0 unspecified atom stereocenters. The van der Waals surface area contributed by atoms with E-state index < -0.39 is 4.92 Å². The summed E-state index contributed by atoms with van der Waals surface area (Å²) in [5.74, 6) is 0.0798. The standard InChI is InChI=1S/C18H25N3O4/c1-13(2)19-18(23)15-8-10-20(11-9-15)17(22)7-6-14-4-3-5-16(12-14)21(24)25/h3-5,12-13,15H,6-11H2,1-2H3,(H,19,23). The number of benzene rings is 1. The second kappa shape index (κ2) is 8.60. The van der Waals surface area contributed by atoms with Gasteiger partial charge in [0.15, 0.2) is 0 Å². The minimum Gasteiger partial charge on any atom is -0.354 e. The van der Waals surface area contributed by atoms with E-state index in [0.717, 1.165) is 5.56 Å². The van der Waals surface area contributed by atoms with Gasteiger partial charge in [0.2, 0.25) is 11.8 Å². The Morgan fingerprint density at radius 2 is 2.00 bits per heavy atom. The number of hydrogen-bond acceptors (Lipinski definition) is 4. The molecule has 0 saturated carbocycles. The normalized spacial score (nSPS) is 15.2. The minimum atomic E-state index is -0.432. The molecule has 1 aromatic carbocycles. The van der Waals surface area contributed by atoms with E-state index in [2.05, 4.69) is 5.32 Å². The van der Waals surface area contributed by atoms with E-state index in [0.29, 0.717) is 38.8 Å². The molecule has 1 N–H and O–H groups in total. The number of likely N-dealkylation sites (tertiary alicyclic amines) is 1. The van der Waals surface area contributed by atoms with Crippen LogP contribution in [-0.2, 0) is 16.0 Å². The van der Waals surface area contributed by atoms with Crippen molar-refractivity contribution >= 4 is 17.5 Å². The van der Waals surface area contributed by atoms with Gasteiger partial charge in [-0.2, -0.15) is 0 Å². The Morgan fingerprint density at radius 1 is 1.32 bits per heavy atom. The molecule has 2 amide bonds. The number of nitrogens with zero attached hydrogens (tertiary/aromatic N) is 2. The zero-order valence-corrected chi connectivity index (χ0v) is 14.7. The summed E-state index contributed by atoms with van der Waals surface area (Å²) >= 11 is 0. The fraction of sp³-hybridized carbons (Fsp3) is 0.556. The van der Waals surface area contributed by atoms with Crippen LogP contribution in [0.1, 0.15) is 38.7 Å². The quantitative estimate of drug-likeness (QED) is 0.631. The topological polar surface area (TPSA) is 92.6 Å². The highest BCUT2D eigenvalue weighted by molar-refractivity contribution is 5.80. The molecule has 25 heavy (non-hydrogen) atoms. The van der Waals surface area contributed by atoms with Gasteiger partial charge in [-0.3, -0.25) is 19.7 Å². The molecular formula is C18H25N3O4. The van der Waals surface area contributed by atoms with Crippen molar-refractivity contribution in [2.75, 3.05) is 13.1 Å². The summed E-state index contributed by atoms with van der Waals surface area (Å²) in [5, 5.41) is 13.7. The minimum absolute atomic E-state index is 0.0248. The SMILES string of the molecule is CC(C)NC(=O)C1CCN(C(=O)CCc2cccc([N+](=O)[O-])c2)CC1. The first kappa shape index (κ1) is 18.9. The Morgan fingerprint density at radius 3 is 2.60 bits per heavy atom. The van der Waals surface area contributed by atoms with Crippen molar-refractivity contribution in [2.45, 2.75) is 45.6 Å². The van der Waals surface area contributed by atoms with Crippen molar-refractivity contribution in [1.82, 2.24) is 10.2 Å². The van der Waals surface area contributed by atoms with Crippen molar-refractivity contribution < 1.29 is 14.5 Å². The maximum Gasteiger partial charge on any atom is 0.269 e. The molecule has 0 bridgehead atoms. The second-order valence-corrected chi connectivity index (χ2v) is 6.75. The van der Waals surface area contributed by atoms with E-state index in [1.807, 2.05) is 13.8 Å². The Kier molecular flexibility index (Phi) is 6.50. The van der Waals surface area contributed by atoms with Gasteiger partial charge in [0.05, 0.1) is 4.92 Å². The third-order valence-corrected chi connectivity index (χ3v) is 4.40. The van der Waals surface area contributed by atoms with Gasteiger partial charge in [0.1, 0.15) is 0 Å². The van der Waals surface area contributed by atoms with E-state index in [1.165, 1.54) is 12.1 Å². The lowest BCUT2D eigenvalue weighted by Crippen LogP contribution is -2.44. The van der Waals surface area contributed by atoms with Crippen molar-refractivity contribution in [1.29, 1.82) is 0 Å². The van der Waals surface area contributed by atoms with Crippen LogP contribution in [-0.4, -0.2) is 40.8 Å². The van der Waals surface area contributed by atoms with Crippen LogP contribution < -0.4 is 5.32 Å². The molecule has 2 rings (SSSR count). The van der Waals surface area contributed by atoms with Crippen molar-refractivity contribution in [2.24, 2.45) is 5.92 Å². The molecule has 0 radical (unpaired) electrons. The third kappa shape index (κ3) is 5.55. The van der Waals surface area contributed by atoms with E-state index in [4.69, 9.17) is 0 Å². The molecule has 1 saturated heterocycles. The Balaban J connectivity index is 1.80. The summed E-state index contributed by atoms with van der Waals surface area (Å²) in [5.41, 5.74) is 0.829. The van der Waals surface area contributed by atoms with Crippen LogP contribution in [0, 0.1) is 16.0 Å². The summed E-state index contributed by atoms with van der Waals surface area (Å²) in [6, 6.07) is 6.51. The summed E-state index contributed by atoms with van der Waals surface area (Å²) in [6.07, 6.45) is 2.17. The number of carbonyl (C=O) groups is 2. The summed E-state index contributed by atoms with van der Waals surface area (Å²) in [4.78, 5) is 36.5. The summed E-state index contributed by atoms with van der Waals surface area (Å²) < 4.78 is 0. The van der Waals surface area contributed by atoms with Crippen LogP contribution in [0.3, 0.4) is 0 Å². The molecule has 0 spiro atoms. The van der Waals surface area contributed by atoms with Gasteiger partial charge in [-0.15, -0.1) is 0 Å². The first-order chi connectivity index (χ1) is 11.9. The molecule has 1 aliphatic heterocycles. The smallest absolute Gasteiger partial charge is 0.269 e. The summed E-state index contributed by atoms with van der Waals surface area (Å²) in [6.45, 7) is 5.04. The van der Waals surface area contributed by atoms with Gasteiger partial charge in [-0.05, 0) is 38.7 Å². The zero-order valence-electron chi connectivity index (χ0n) is 14.7. The molecule has 1 aliphatic rings. The van der Waals surface area contributed by atoms with Gasteiger partial charge >= 0.3 is 0 Å². The molecule has 7 nitrogen and oxygen atoms in total. The number of amides is 2. The van der Waals surface area contributed by atoms with Crippen molar-refractivity contribution in [3.8, 4) is 0 Å². The highest BCUT2D eigenvalue weighted by Gasteiger charge is 2.27. The molecule has 7 heteroatoms. The molecular weight excluding hydrogens is 322 g/mol. The third-order valence-electron chi connectivity index (χ3n) is 4.40. The number of aryl methyl sites for hydroxylation is 1. The van der Waals surface area contributed by atoms with E-state index in [1.54, 1.807) is 17.0 Å². The number of hydrogen-bond donors (Lipinski definition) is 1. The number of nitro groups is 1. The number of rotatable bonds is 6. The lowest BCUT2D eigenvalue weighted by molar-refractivity contribution is -0.384. The van der Waals surface area contributed by atoms with E-state index in [-0.39, 0.29) is 29.5 Å². The van der Waals surface area contributed by atoms with Gasteiger partial charge in [0, 0.05) is 43.6 Å². The fourth-order valence-electron chi connectivity index (χ4n) is 3.03. The van der Waals surface area contributed by atoms with Gasteiger partial charge in [-0.25, -0.2) is 0 Å². The highest BCUT2D eigenvalue weighted by atomic mass is 16.6. The number of nitrogens with one attached hydrogen (secondary N) is 1.